The van der Waals surface area contributed by atoms with Crippen LogP contribution in [0.2, 0.25) is 0 Å². The molecule has 0 saturated carbocycles. The zero-order valence-electron chi connectivity index (χ0n) is 16.0. The summed E-state index contributed by atoms with van der Waals surface area (Å²) < 4.78 is 71.7. The Morgan fingerprint density at radius 1 is 1.17 bits per heavy atom. The van der Waals surface area contributed by atoms with E-state index in [1.54, 1.807) is 13.8 Å². The average Bonchev–Trinajstić information content (AvgIpc) is 2.62. The molecule has 10 heteroatoms. The normalized spacial score (nSPS) is 13.0. The van der Waals surface area contributed by atoms with Crippen LogP contribution in [0.5, 0.6) is 5.75 Å². The summed E-state index contributed by atoms with van der Waals surface area (Å²) >= 11 is 0. The number of carbonyl (C=O) groups excluding carboxylic acids is 1. The number of hydrogen-bond acceptors (Lipinski definition) is 4. The average molecular weight is 430 g/mol. The molecule has 158 valence electrons. The van der Waals surface area contributed by atoms with Crippen LogP contribution < -0.4 is 14.8 Å². The molecule has 6 nitrogen and oxygen atoms in total. The monoisotopic (exact) mass is 430 g/mol. The van der Waals surface area contributed by atoms with Crippen molar-refractivity contribution in [3.05, 3.63) is 53.6 Å². The van der Waals surface area contributed by atoms with Crippen molar-refractivity contribution in [3.63, 3.8) is 0 Å². The van der Waals surface area contributed by atoms with Gasteiger partial charge in [0.2, 0.25) is 15.9 Å². The number of amides is 1. The third-order valence-corrected chi connectivity index (χ3v) is 5.51. The van der Waals surface area contributed by atoms with Gasteiger partial charge in [-0.2, -0.15) is 17.9 Å². The second-order valence-corrected chi connectivity index (χ2v) is 7.95. The molecule has 0 aliphatic heterocycles. The van der Waals surface area contributed by atoms with Gasteiger partial charge in [-0.25, -0.2) is 8.42 Å². The lowest BCUT2D eigenvalue weighted by atomic mass is 10.1. The molecule has 2 aromatic carbocycles. The molecule has 0 fully saturated rings. The number of benzene rings is 2. The summed E-state index contributed by atoms with van der Waals surface area (Å²) in [5.41, 5.74) is -0.885. The van der Waals surface area contributed by atoms with Crippen molar-refractivity contribution in [2.45, 2.75) is 37.9 Å². The van der Waals surface area contributed by atoms with Crippen molar-refractivity contribution < 1.29 is 31.1 Å². The smallest absolute Gasteiger partial charge is 0.418 e. The number of para-hydroxylation sites is 1. The highest BCUT2D eigenvalue weighted by Crippen LogP contribution is 2.34. The molecule has 2 rings (SSSR count). The first-order valence-corrected chi connectivity index (χ1v) is 10.2. The molecule has 0 aromatic heterocycles. The molecule has 0 heterocycles. The fourth-order valence-electron chi connectivity index (χ4n) is 2.54. The van der Waals surface area contributed by atoms with Gasteiger partial charge in [-0.15, -0.1) is 0 Å². The van der Waals surface area contributed by atoms with Crippen LogP contribution in [0.25, 0.3) is 0 Å². The molecule has 0 aliphatic carbocycles. The number of sulfonamides is 1. The molecule has 1 amide bonds. The maximum absolute atomic E-state index is 13.0. The Balaban J connectivity index is 2.16. The van der Waals surface area contributed by atoms with Crippen LogP contribution in [0.4, 0.5) is 18.9 Å². The molecule has 0 bridgehead atoms. The van der Waals surface area contributed by atoms with Crippen LogP contribution in [0, 0.1) is 6.92 Å². The molecule has 2 N–H and O–H groups in total. The minimum absolute atomic E-state index is 0.0891. The van der Waals surface area contributed by atoms with Gasteiger partial charge in [-0.3, -0.25) is 4.79 Å². The number of hydrogen-bond donors (Lipinski definition) is 2. The van der Waals surface area contributed by atoms with E-state index in [0.29, 0.717) is 17.9 Å². The number of nitrogens with one attached hydrogen (secondary N) is 2. The topological polar surface area (TPSA) is 84.5 Å². The predicted molar refractivity (Wildman–Crippen MR) is 102 cm³/mol. The van der Waals surface area contributed by atoms with Crippen molar-refractivity contribution in [3.8, 4) is 5.75 Å². The summed E-state index contributed by atoms with van der Waals surface area (Å²) in [4.78, 5) is 12.2. The standard InChI is InChI=1S/C19H21F3N2O4S/c1-4-28-17-10-9-14(11-12(17)2)29(26,27)24-13(3)18(25)23-16-8-6-5-7-15(16)19(20,21)22/h5-11,13,24H,4H2,1-3H3,(H,23,25)/t13-/m0/s1. The van der Waals surface area contributed by atoms with Crippen molar-refractivity contribution in [1.82, 2.24) is 4.72 Å². The number of rotatable bonds is 7. The van der Waals surface area contributed by atoms with E-state index in [1.807, 2.05) is 0 Å². The first kappa shape index (κ1) is 22.7. The molecule has 2 aromatic rings. The van der Waals surface area contributed by atoms with Crippen LogP contribution in [-0.4, -0.2) is 27.0 Å². The minimum Gasteiger partial charge on any atom is -0.494 e. The highest BCUT2D eigenvalue weighted by Gasteiger charge is 2.34. The Morgan fingerprint density at radius 2 is 1.83 bits per heavy atom. The molecule has 0 spiro atoms. The van der Waals surface area contributed by atoms with Gasteiger partial charge in [0, 0.05) is 0 Å². The van der Waals surface area contributed by atoms with E-state index in [0.717, 1.165) is 12.1 Å². The van der Waals surface area contributed by atoms with Gasteiger partial charge in [0.25, 0.3) is 0 Å². The SMILES string of the molecule is CCOc1ccc(S(=O)(=O)N[C@@H](C)C(=O)Nc2ccccc2C(F)(F)F)cc1C. The third-order valence-electron chi connectivity index (χ3n) is 3.97. The van der Waals surface area contributed by atoms with Gasteiger partial charge in [0.05, 0.1) is 28.8 Å². The molecule has 29 heavy (non-hydrogen) atoms. The number of ether oxygens (including phenoxy) is 1. The number of carbonyl (C=O) groups is 1. The fraction of sp³-hybridized carbons (Fsp3) is 0.316. The lowest BCUT2D eigenvalue weighted by Gasteiger charge is -2.17. The van der Waals surface area contributed by atoms with Crippen LogP contribution in [0.15, 0.2) is 47.4 Å². The Bertz CT molecular complexity index is 991. The van der Waals surface area contributed by atoms with E-state index in [1.165, 1.54) is 37.3 Å². The second kappa shape index (κ2) is 8.83. The number of anilines is 1. The highest BCUT2D eigenvalue weighted by molar-refractivity contribution is 7.89. The van der Waals surface area contributed by atoms with Crippen LogP contribution >= 0.6 is 0 Å². The summed E-state index contributed by atoms with van der Waals surface area (Å²) in [6.07, 6.45) is -4.66. The summed E-state index contributed by atoms with van der Waals surface area (Å²) in [5.74, 6) is -0.395. The summed E-state index contributed by atoms with van der Waals surface area (Å²) in [6, 6.07) is 7.35. The van der Waals surface area contributed by atoms with Crippen molar-refractivity contribution in [2.75, 3.05) is 11.9 Å². The van der Waals surface area contributed by atoms with Crippen molar-refractivity contribution in [2.24, 2.45) is 0 Å². The van der Waals surface area contributed by atoms with Gasteiger partial charge < -0.3 is 10.1 Å². The molecule has 0 unspecified atom stereocenters. The molecular weight excluding hydrogens is 409 g/mol. The second-order valence-electron chi connectivity index (χ2n) is 6.24. The van der Waals surface area contributed by atoms with Crippen LogP contribution in [0.1, 0.15) is 25.0 Å². The van der Waals surface area contributed by atoms with E-state index in [-0.39, 0.29) is 4.90 Å². The zero-order chi connectivity index (χ0) is 21.8. The summed E-state index contributed by atoms with van der Waals surface area (Å²) in [5, 5.41) is 2.12. The Kier molecular flexibility index (Phi) is 6.91. The Morgan fingerprint density at radius 3 is 2.41 bits per heavy atom. The Hall–Kier alpha value is -2.59. The number of aryl methyl sites for hydroxylation is 1. The molecule has 0 radical (unpaired) electrons. The van der Waals surface area contributed by atoms with Crippen molar-refractivity contribution >= 4 is 21.6 Å². The largest absolute Gasteiger partial charge is 0.494 e. The van der Waals surface area contributed by atoms with E-state index in [9.17, 15) is 26.4 Å². The van der Waals surface area contributed by atoms with Gasteiger partial charge >= 0.3 is 6.18 Å². The summed E-state index contributed by atoms with van der Waals surface area (Å²) in [7, 11) is -4.08. The molecular formula is C19H21F3N2O4S. The predicted octanol–water partition coefficient (Wildman–Crippen LogP) is 3.72. The maximum Gasteiger partial charge on any atom is 0.418 e. The quantitative estimate of drug-likeness (QED) is 0.701. The van der Waals surface area contributed by atoms with Gasteiger partial charge in [-0.05, 0) is 56.7 Å². The number of halogens is 3. The maximum atomic E-state index is 13.0. The number of alkyl halides is 3. The first-order valence-electron chi connectivity index (χ1n) is 8.68. The highest BCUT2D eigenvalue weighted by atomic mass is 32.2. The first-order chi connectivity index (χ1) is 13.5. The summed E-state index contributed by atoms with van der Waals surface area (Å²) in [6.45, 7) is 5.13. The van der Waals surface area contributed by atoms with E-state index in [2.05, 4.69) is 10.0 Å². The fourth-order valence-corrected chi connectivity index (χ4v) is 3.83. The van der Waals surface area contributed by atoms with Gasteiger partial charge in [0.1, 0.15) is 5.75 Å². The lowest BCUT2D eigenvalue weighted by molar-refractivity contribution is -0.137. The van der Waals surface area contributed by atoms with Crippen LogP contribution in [0.3, 0.4) is 0 Å². The Labute approximate surface area is 167 Å². The van der Waals surface area contributed by atoms with Gasteiger partial charge in [0.15, 0.2) is 0 Å². The minimum atomic E-state index is -4.66. The third kappa shape index (κ3) is 5.70. The van der Waals surface area contributed by atoms with E-state index in [4.69, 9.17) is 4.74 Å². The lowest BCUT2D eigenvalue weighted by Crippen LogP contribution is -2.41. The van der Waals surface area contributed by atoms with E-state index >= 15 is 0 Å². The molecule has 0 aliphatic rings. The van der Waals surface area contributed by atoms with E-state index < -0.39 is 39.4 Å². The zero-order valence-corrected chi connectivity index (χ0v) is 16.8. The van der Waals surface area contributed by atoms with Gasteiger partial charge in [-0.1, -0.05) is 12.1 Å². The molecule has 1 atom stereocenters. The van der Waals surface area contributed by atoms with Crippen LogP contribution in [-0.2, 0) is 21.0 Å². The van der Waals surface area contributed by atoms with Crippen molar-refractivity contribution in [1.29, 1.82) is 0 Å². The molecule has 0 saturated heterocycles.